The van der Waals surface area contributed by atoms with E-state index in [1.165, 1.54) is 0 Å². The van der Waals surface area contributed by atoms with Gasteiger partial charge < -0.3 is 0 Å². The van der Waals surface area contributed by atoms with Gasteiger partial charge in [-0.25, -0.2) is 0 Å². The van der Waals surface area contributed by atoms with E-state index >= 15 is 0 Å². The molecule has 0 amide bonds. The molecule has 98 valence electrons. The summed E-state index contributed by atoms with van der Waals surface area (Å²) in [7, 11) is -3.60. The van der Waals surface area contributed by atoms with Crippen LogP contribution in [0, 0.1) is 12.8 Å². The molecule has 1 aromatic carbocycles. The summed E-state index contributed by atoms with van der Waals surface area (Å²) in [4.78, 5) is 0.273. The van der Waals surface area contributed by atoms with E-state index in [1.54, 1.807) is 25.1 Å². The number of allylic oxidation sites excluding steroid dienone is 2. The SMILES string of the molecule is Cc1ccccc1S(=O)(=O)OCCC1CC=CC1. The Hall–Kier alpha value is -1.13. The van der Waals surface area contributed by atoms with Gasteiger partial charge in [-0.1, -0.05) is 30.4 Å². The molecule has 1 aliphatic carbocycles. The molecule has 0 saturated carbocycles. The predicted molar refractivity (Wildman–Crippen MR) is 70.8 cm³/mol. The zero-order valence-electron chi connectivity index (χ0n) is 10.5. The molecule has 2 rings (SSSR count). The highest BCUT2D eigenvalue weighted by Crippen LogP contribution is 2.22. The van der Waals surface area contributed by atoms with Gasteiger partial charge in [-0.3, -0.25) is 4.18 Å². The van der Waals surface area contributed by atoms with Crippen molar-refractivity contribution in [3.8, 4) is 0 Å². The second kappa shape index (κ2) is 5.67. The van der Waals surface area contributed by atoms with Crippen molar-refractivity contribution >= 4 is 10.1 Å². The molecule has 0 bridgehead atoms. The lowest BCUT2D eigenvalue weighted by molar-refractivity contribution is 0.285. The van der Waals surface area contributed by atoms with Crippen LogP contribution in [0.25, 0.3) is 0 Å². The minimum Gasteiger partial charge on any atom is -0.266 e. The van der Waals surface area contributed by atoms with Gasteiger partial charge in [0, 0.05) is 0 Å². The summed E-state index contributed by atoms with van der Waals surface area (Å²) in [5.41, 5.74) is 0.722. The highest BCUT2D eigenvalue weighted by molar-refractivity contribution is 7.86. The Bertz CT molecular complexity index is 524. The first-order valence-electron chi connectivity index (χ1n) is 6.19. The van der Waals surface area contributed by atoms with Gasteiger partial charge in [-0.05, 0) is 43.7 Å². The van der Waals surface area contributed by atoms with E-state index in [4.69, 9.17) is 4.18 Å². The van der Waals surface area contributed by atoms with Gasteiger partial charge in [0.1, 0.15) is 0 Å². The lowest BCUT2D eigenvalue weighted by atomic mass is 10.0. The number of aryl methyl sites for hydroxylation is 1. The largest absolute Gasteiger partial charge is 0.297 e. The van der Waals surface area contributed by atoms with E-state index in [1.807, 2.05) is 6.07 Å². The zero-order chi connectivity index (χ0) is 13.0. The van der Waals surface area contributed by atoms with Crippen LogP contribution in [-0.4, -0.2) is 15.0 Å². The first kappa shape index (κ1) is 13.3. The van der Waals surface area contributed by atoms with E-state index in [0.29, 0.717) is 5.92 Å². The lowest BCUT2D eigenvalue weighted by Crippen LogP contribution is -2.11. The van der Waals surface area contributed by atoms with Crippen molar-refractivity contribution in [2.75, 3.05) is 6.61 Å². The van der Waals surface area contributed by atoms with Gasteiger partial charge in [0.15, 0.2) is 0 Å². The van der Waals surface area contributed by atoms with Crippen LogP contribution >= 0.6 is 0 Å². The fourth-order valence-electron chi connectivity index (χ4n) is 2.13. The van der Waals surface area contributed by atoms with Crippen molar-refractivity contribution in [1.82, 2.24) is 0 Å². The molecule has 0 fully saturated rings. The summed E-state index contributed by atoms with van der Waals surface area (Å²) in [6, 6.07) is 6.89. The van der Waals surface area contributed by atoms with Crippen molar-refractivity contribution in [2.45, 2.75) is 31.1 Å². The number of rotatable bonds is 5. The Morgan fingerprint density at radius 1 is 1.22 bits per heavy atom. The molecule has 1 aromatic rings. The van der Waals surface area contributed by atoms with E-state index in [2.05, 4.69) is 12.2 Å². The molecule has 18 heavy (non-hydrogen) atoms. The molecule has 0 N–H and O–H groups in total. The molecular formula is C14H18O3S. The van der Waals surface area contributed by atoms with Gasteiger partial charge in [0.05, 0.1) is 11.5 Å². The third-order valence-electron chi connectivity index (χ3n) is 3.23. The summed E-state index contributed by atoms with van der Waals surface area (Å²) in [6.45, 7) is 2.04. The summed E-state index contributed by atoms with van der Waals surface area (Å²) in [6.07, 6.45) is 7.14. The Balaban J connectivity index is 1.93. The number of benzene rings is 1. The van der Waals surface area contributed by atoms with Crippen LogP contribution in [0.2, 0.25) is 0 Å². The average molecular weight is 266 g/mol. The predicted octanol–water partition coefficient (Wildman–Crippen LogP) is 3.06. The standard InChI is InChI=1S/C14H18O3S/c1-12-6-2-5-9-14(12)18(15,16)17-11-10-13-7-3-4-8-13/h2-6,9,13H,7-8,10-11H2,1H3. The van der Waals surface area contributed by atoms with Crippen LogP contribution in [0.4, 0.5) is 0 Å². The second-order valence-electron chi connectivity index (χ2n) is 4.64. The van der Waals surface area contributed by atoms with E-state index in [9.17, 15) is 8.42 Å². The van der Waals surface area contributed by atoms with Crippen LogP contribution < -0.4 is 0 Å². The number of hydrogen-bond donors (Lipinski definition) is 0. The quantitative estimate of drug-likeness (QED) is 0.607. The minimum absolute atomic E-state index is 0.267. The lowest BCUT2D eigenvalue weighted by Gasteiger charge is -2.10. The van der Waals surface area contributed by atoms with Crippen LogP contribution in [0.5, 0.6) is 0 Å². The van der Waals surface area contributed by atoms with Crippen LogP contribution in [-0.2, 0) is 14.3 Å². The fraction of sp³-hybridized carbons (Fsp3) is 0.429. The molecule has 0 aliphatic heterocycles. The molecule has 0 atom stereocenters. The molecular weight excluding hydrogens is 248 g/mol. The van der Waals surface area contributed by atoms with Gasteiger partial charge in [-0.2, -0.15) is 8.42 Å². The van der Waals surface area contributed by atoms with E-state index < -0.39 is 10.1 Å². The molecule has 0 unspecified atom stereocenters. The fourth-order valence-corrected chi connectivity index (χ4v) is 3.28. The van der Waals surface area contributed by atoms with Crippen LogP contribution in [0.1, 0.15) is 24.8 Å². The Morgan fingerprint density at radius 3 is 2.56 bits per heavy atom. The summed E-state index contributed by atoms with van der Waals surface area (Å²) < 4.78 is 29.1. The Morgan fingerprint density at radius 2 is 1.89 bits per heavy atom. The summed E-state index contributed by atoms with van der Waals surface area (Å²) in [5.74, 6) is 0.539. The van der Waals surface area contributed by atoms with Gasteiger partial charge in [0.2, 0.25) is 0 Å². The van der Waals surface area contributed by atoms with Gasteiger partial charge >= 0.3 is 0 Å². The first-order valence-corrected chi connectivity index (χ1v) is 7.60. The molecule has 1 aliphatic rings. The summed E-state index contributed by atoms with van der Waals surface area (Å²) in [5, 5.41) is 0. The zero-order valence-corrected chi connectivity index (χ0v) is 11.3. The van der Waals surface area contributed by atoms with Crippen molar-refractivity contribution in [1.29, 1.82) is 0 Å². The maximum absolute atomic E-state index is 12.0. The highest BCUT2D eigenvalue weighted by atomic mass is 32.2. The van der Waals surface area contributed by atoms with Crippen molar-refractivity contribution in [3.63, 3.8) is 0 Å². The maximum atomic E-state index is 12.0. The van der Waals surface area contributed by atoms with Crippen molar-refractivity contribution in [3.05, 3.63) is 42.0 Å². The first-order chi connectivity index (χ1) is 8.59. The van der Waals surface area contributed by atoms with Crippen LogP contribution in [0.15, 0.2) is 41.3 Å². The normalized spacial score (nSPS) is 16.3. The van der Waals surface area contributed by atoms with E-state index in [0.717, 1.165) is 24.8 Å². The highest BCUT2D eigenvalue weighted by Gasteiger charge is 2.18. The molecule has 0 aromatic heterocycles. The minimum atomic E-state index is -3.60. The molecule has 0 saturated heterocycles. The molecule has 0 spiro atoms. The third-order valence-corrected chi connectivity index (χ3v) is 4.71. The van der Waals surface area contributed by atoms with Crippen molar-refractivity contribution < 1.29 is 12.6 Å². The molecule has 0 heterocycles. The third kappa shape index (κ3) is 3.21. The van der Waals surface area contributed by atoms with Crippen molar-refractivity contribution in [2.24, 2.45) is 5.92 Å². The van der Waals surface area contributed by atoms with Gasteiger partial charge in [-0.15, -0.1) is 0 Å². The van der Waals surface area contributed by atoms with Gasteiger partial charge in [0.25, 0.3) is 10.1 Å². The smallest absolute Gasteiger partial charge is 0.266 e. The topological polar surface area (TPSA) is 43.4 Å². The Kier molecular flexibility index (Phi) is 4.19. The summed E-state index contributed by atoms with van der Waals surface area (Å²) >= 11 is 0. The average Bonchev–Trinajstić information content (AvgIpc) is 2.82. The Labute approximate surface area is 109 Å². The monoisotopic (exact) mass is 266 g/mol. The molecule has 3 nitrogen and oxygen atoms in total. The molecule has 0 radical (unpaired) electrons. The molecule has 4 heteroatoms. The second-order valence-corrected chi connectivity index (χ2v) is 6.22. The van der Waals surface area contributed by atoms with Crippen LogP contribution in [0.3, 0.4) is 0 Å². The van der Waals surface area contributed by atoms with E-state index in [-0.39, 0.29) is 11.5 Å². The maximum Gasteiger partial charge on any atom is 0.297 e. The number of hydrogen-bond acceptors (Lipinski definition) is 3.